The number of thioether (sulfide) groups is 1. The minimum atomic E-state index is -0.559. The predicted octanol–water partition coefficient (Wildman–Crippen LogP) is 1.04. The molecule has 0 saturated heterocycles. The third kappa shape index (κ3) is 4.35. The number of rotatable bonds is 4. The summed E-state index contributed by atoms with van der Waals surface area (Å²) in [5.74, 6) is -0.118. The molecule has 2 aromatic rings. The average molecular weight is 426 g/mol. The smallest absolute Gasteiger partial charge is 1.00 e. The molecule has 0 radical (unpaired) electrons. The summed E-state index contributed by atoms with van der Waals surface area (Å²) in [6.07, 6.45) is 2.79. The molecule has 2 aliphatic rings. The topological polar surface area (TPSA) is 101 Å². The molecule has 2 aliphatic heterocycles. The minimum Gasteiger partial charge on any atom is -1.00 e. The van der Waals surface area contributed by atoms with Crippen molar-refractivity contribution < 1.29 is 72.1 Å². The van der Waals surface area contributed by atoms with Crippen molar-refractivity contribution in [3.8, 4) is 11.5 Å². The molecule has 11 heteroatoms. The summed E-state index contributed by atoms with van der Waals surface area (Å²) in [5, 5.41) is 22.3. The molecule has 0 spiro atoms. The van der Waals surface area contributed by atoms with Gasteiger partial charge in [-0.1, -0.05) is 11.8 Å². The fourth-order valence-electron chi connectivity index (χ4n) is 2.53. The van der Waals surface area contributed by atoms with E-state index < -0.39 is 16.1 Å². The third-order valence-corrected chi connectivity index (χ3v) is 5.01. The van der Waals surface area contributed by atoms with Crippen molar-refractivity contribution in [1.29, 1.82) is 0 Å². The van der Waals surface area contributed by atoms with Crippen LogP contribution < -0.4 is 56.1 Å². The van der Waals surface area contributed by atoms with Crippen LogP contribution in [0.3, 0.4) is 0 Å². The number of benzene rings is 2. The molecule has 0 bridgehead atoms. The standard InChI is InChI=1S/C17H11FN4O4S.K.H/c18-11-2-4-12(5-3-11)26-15-6-1-10(7-14(15)22(24)25)16-20-13-8-19-9-21(23)17(13)27-16;;/h1-9,17,23H;;/q;+1;-1. The van der Waals surface area contributed by atoms with Gasteiger partial charge in [-0.05, 0) is 36.4 Å². The molecule has 1 unspecified atom stereocenters. The van der Waals surface area contributed by atoms with Gasteiger partial charge in [0.1, 0.15) is 22.9 Å². The van der Waals surface area contributed by atoms with Crippen molar-refractivity contribution in [2.45, 2.75) is 5.37 Å². The van der Waals surface area contributed by atoms with Gasteiger partial charge in [0, 0.05) is 11.6 Å². The second-order valence-corrected chi connectivity index (χ2v) is 6.65. The van der Waals surface area contributed by atoms with E-state index in [0.717, 1.165) is 5.06 Å². The van der Waals surface area contributed by atoms with Crippen LogP contribution in [0.15, 0.2) is 64.3 Å². The van der Waals surface area contributed by atoms with Crippen LogP contribution >= 0.6 is 11.8 Å². The van der Waals surface area contributed by atoms with Gasteiger partial charge in [-0.25, -0.2) is 19.4 Å². The van der Waals surface area contributed by atoms with E-state index in [9.17, 15) is 19.7 Å². The van der Waals surface area contributed by atoms with E-state index in [0.29, 0.717) is 16.3 Å². The number of aliphatic imine (C=N–C) groups is 2. The van der Waals surface area contributed by atoms with E-state index in [1.54, 1.807) is 6.07 Å². The first-order chi connectivity index (χ1) is 13.0. The number of nitrogens with zero attached hydrogens (tertiary/aromatic N) is 4. The number of ether oxygens (including phenoxy) is 1. The monoisotopic (exact) mass is 426 g/mol. The van der Waals surface area contributed by atoms with Gasteiger partial charge in [-0.15, -0.1) is 0 Å². The largest absolute Gasteiger partial charge is 1.00 e. The second kappa shape index (κ2) is 8.82. The molecular formula is C17H12FKN4O4S. The summed E-state index contributed by atoms with van der Waals surface area (Å²) in [6.45, 7) is 0. The molecule has 0 fully saturated rings. The summed E-state index contributed by atoms with van der Waals surface area (Å²) in [7, 11) is 0. The minimum absolute atomic E-state index is 0. The van der Waals surface area contributed by atoms with E-state index in [1.807, 2.05) is 0 Å². The Bertz CT molecular complexity index is 1020. The zero-order valence-corrected chi connectivity index (χ0v) is 18.5. The van der Waals surface area contributed by atoms with Gasteiger partial charge < -0.3 is 6.16 Å². The molecule has 4 rings (SSSR count). The van der Waals surface area contributed by atoms with Gasteiger partial charge in [-0.3, -0.25) is 15.3 Å². The molecule has 0 aliphatic carbocycles. The number of nitro groups is 1. The Morgan fingerprint density at radius 1 is 1.29 bits per heavy atom. The normalized spacial score (nSPS) is 17.4. The maximum atomic E-state index is 13.0. The molecule has 2 heterocycles. The van der Waals surface area contributed by atoms with Crippen LogP contribution in [-0.2, 0) is 0 Å². The molecular weight excluding hydrogens is 414 g/mol. The van der Waals surface area contributed by atoms with Crippen LogP contribution in [-0.4, -0.2) is 31.9 Å². The van der Waals surface area contributed by atoms with Crippen LogP contribution in [0.5, 0.6) is 11.5 Å². The Morgan fingerprint density at radius 2 is 2.04 bits per heavy atom. The van der Waals surface area contributed by atoms with E-state index >= 15 is 0 Å². The summed E-state index contributed by atoms with van der Waals surface area (Å²) in [5.41, 5.74) is 0.817. The Labute approximate surface area is 206 Å². The van der Waals surface area contributed by atoms with Crippen molar-refractivity contribution in [3.63, 3.8) is 0 Å². The van der Waals surface area contributed by atoms with Gasteiger partial charge >= 0.3 is 57.1 Å². The average Bonchev–Trinajstić information content (AvgIpc) is 3.09. The first kappa shape index (κ1) is 21.1. The molecule has 138 valence electrons. The van der Waals surface area contributed by atoms with Gasteiger partial charge in [0.25, 0.3) is 0 Å². The summed E-state index contributed by atoms with van der Waals surface area (Å²) in [4.78, 5) is 19.1. The zero-order valence-electron chi connectivity index (χ0n) is 15.5. The van der Waals surface area contributed by atoms with Crippen molar-refractivity contribution in [2.24, 2.45) is 9.98 Å². The number of hydrogen-bond donors (Lipinski definition) is 1. The summed E-state index contributed by atoms with van der Waals surface area (Å²) < 4.78 is 18.5. The maximum absolute atomic E-state index is 13.0. The Hall–Kier alpha value is -1.60. The predicted molar refractivity (Wildman–Crippen MR) is 98.8 cm³/mol. The molecule has 8 nitrogen and oxygen atoms in total. The van der Waals surface area contributed by atoms with Crippen LogP contribution in [0.25, 0.3) is 0 Å². The Balaban J connectivity index is 0.00000150. The van der Waals surface area contributed by atoms with Crippen molar-refractivity contribution >= 4 is 28.8 Å². The Morgan fingerprint density at radius 3 is 2.71 bits per heavy atom. The van der Waals surface area contributed by atoms with Crippen LogP contribution in [0.1, 0.15) is 6.99 Å². The van der Waals surface area contributed by atoms with Gasteiger partial charge in [-0.2, -0.15) is 0 Å². The molecule has 28 heavy (non-hydrogen) atoms. The molecule has 2 aromatic carbocycles. The fourth-order valence-corrected chi connectivity index (χ4v) is 3.56. The van der Waals surface area contributed by atoms with E-state index in [-0.39, 0.29) is 70.0 Å². The second-order valence-electron chi connectivity index (χ2n) is 5.58. The van der Waals surface area contributed by atoms with Crippen LogP contribution in [0.2, 0.25) is 0 Å². The zero-order chi connectivity index (χ0) is 19.0. The number of nitro benzene ring substituents is 1. The van der Waals surface area contributed by atoms with Gasteiger partial charge in [0.05, 0.1) is 16.8 Å². The summed E-state index contributed by atoms with van der Waals surface area (Å²) >= 11 is 1.25. The van der Waals surface area contributed by atoms with Crippen LogP contribution in [0.4, 0.5) is 10.1 Å². The molecule has 1 atom stereocenters. The number of hydroxylamine groups is 2. The van der Waals surface area contributed by atoms with E-state index in [1.165, 1.54) is 60.7 Å². The SMILES string of the molecule is O=[N+]([O-])c1cc(C2=NC3=CN=CN(O)C3S2)ccc1Oc1ccc(F)cc1.[H-].[K+]. The molecule has 0 aromatic heterocycles. The van der Waals surface area contributed by atoms with Crippen LogP contribution in [0, 0.1) is 15.9 Å². The van der Waals surface area contributed by atoms with Crippen molar-refractivity contribution in [2.75, 3.05) is 0 Å². The third-order valence-electron chi connectivity index (χ3n) is 3.78. The van der Waals surface area contributed by atoms with E-state index in [2.05, 4.69) is 9.98 Å². The summed E-state index contributed by atoms with van der Waals surface area (Å²) in [6, 6.07) is 9.63. The van der Waals surface area contributed by atoms with Gasteiger partial charge in [0.15, 0.2) is 5.37 Å². The quantitative estimate of drug-likeness (QED) is 0.445. The van der Waals surface area contributed by atoms with E-state index in [4.69, 9.17) is 4.74 Å². The van der Waals surface area contributed by atoms with Gasteiger partial charge in [0.2, 0.25) is 5.75 Å². The number of hydrogen-bond acceptors (Lipinski definition) is 8. The fraction of sp³-hybridized carbons (Fsp3) is 0.0588. The van der Waals surface area contributed by atoms with Crippen molar-refractivity contribution in [1.82, 2.24) is 5.06 Å². The molecule has 1 N–H and O–H groups in total. The van der Waals surface area contributed by atoms with Crippen molar-refractivity contribution in [3.05, 3.63) is 75.9 Å². The number of fused-ring (bicyclic) bond motifs is 1. The first-order valence-corrected chi connectivity index (χ1v) is 8.57. The first-order valence-electron chi connectivity index (χ1n) is 7.69. The maximum Gasteiger partial charge on any atom is 1.00 e. The number of halogens is 1. The Kier molecular flexibility index (Phi) is 6.65. The molecule has 0 amide bonds. The molecule has 0 saturated carbocycles.